The van der Waals surface area contributed by atoms with E-state index in [2.05, 4.69) is 32.9 Å². The maximum Gasteiger partial charge on any atom is 0.207 e. The summed E-state index contributed by atoms with van der Waals surface area (Å²) in [6.07, 6.45) is 0.837. The highest BCUT2D eigenvalue weighted by Crippen LogP contribution is 2.29. The summed E-state index contributed by atoms with van der Waals surface area (Å²) in [6, 6.07) is 7.93. The number of nitrogen functional groups attached to an aromatic ring is 1. The van der Waals surface area contributed by atoms with Crippen molar-refractivity contribution in [2.75, 3.05) is 5.73 Å². The van der Waals surface area contributed by atoms with Crippen LogP contribution in [0, 0.1) is 0 Å². The summed E-state index contributed by atoms with van der Waals surface area (Å²) in [4.78, 5) is 4.46. The average molecular weight is 320 g/mol. The SMILES string of the molecule is CCc1nn(C)c2c1nc(N)n2-c1ccccc1Br. The molecule has 0 radical (unpaired) electrons. The molecule has 98 valence electrons. The Morgan fingerprint density at radius 1 is 1.32 bits per heavy atom. The van der Waals surface area contributed by atoms with Gasteiger partial charge in [-0.1, -0.05) is 19.1 Å². The van der Waals surface area contributed by atoms with Gasteiger partial charge in [-0.15, -0.1) is 0 Å². The van der Waals surface area contributed by atoms with E-state index in [1.165, 1.54) is 0 Å². The number of aryl methyl sites for hydroxylation is 2. The number of nitrogens with two attached hydrogens (primary N) is 1. The average Bonchev–Trinajstić information content (AvgIpc) is 2.88. The van der Waals surface area contributed by atoms with Gasteiger partial charge in [0.15, 0.2) is 5.65 Å². The Labute approximate surface area is 119 Å². The molecule has 6 heteroatoms. The maximum absolute atomic E-state index is 6.08. The third-order valence-corrected chi connectivity index (χ3v) is 3.83. The van der Waals surface area contributed by atoms with Crippen molar-refractivity contribution in [2.45, 2.75) is 13.3 Å². The zero-order valence-corrected chi connectivity index (χ0v) is 12.3. The van der Waals surface area contributed by atoms with Gasteiger partial charge < -0.3 is 5.73 Å². The molecule has 0 saturated heterocycles. The van der Waals surface area contributed by atoms with Crippen LogP contribution in [0.1, 0.15) is 12.6 Å². The number of aromatic nitrogens is 4. The van der Waals surface area contributed by atoms with Gasteiger partial charge in [0.05, 0.1) is 11.4 Å². The smallest absolute Gasteiger partial charge is 0.207 e. The summed E-state index contributed by atoms with van der Waals surface area (Å²) >= 11 is 3.55. The van der Waals surface area contributed by atoms with Crippen LogP contribution in [0.2, 0.25) is 0 Å². The molecule has 5 nitrogen and oxygen atoms in total. The summed E-state index contributed by atoms with van der Waals surface area (Å²) in [7, 11) is 1.91. The predicted octanol–water partition coefficient (Wildman–Crippen LogP) is 2.67. The second kappa shape index (κ2) is 4.38. The van der Waals surface area contributed by atoms with E-state index in [4.69, 9.17) is 5.73 Å². The van der Waals surface area contributed by atoms with Crippen LogP contribution < -0.4 is 5.73 Å². The first-order valence-corrected chi connectivity index (χ1v) is 6.87. The summed E-state index contributed by atoms with van der Waals surface area (Å²) in [5, 5.41) is 4.49. The van der Waals surface area contributed by atoms with Crippen LogP contribution in [0.15, 0.2) is 28.7 Å². The number of hydrogen-bond donors (Lipinski definition) is 1. The van der Waals surface area contributed by atoms with E-state index in [-0.39, 0.29) is 0 Å². The number of nitrogens with zero attached hydrogens (tertiary/aromatic N) is 4. The van der Waals surface area contributed by atoms with Crippen LogP contribution in [0.5, 0.6) is 0 Å². The van der Waals surface area contributed by atoms with Gasteiger partial charge in [0, 0.05) is 11.5 Å². The zero-order chi connectivity index (χ0) is 13.6. The lowest BCUT2D eigenvalue weighted by atomic mass is 10.3. The van der Waals surface area contributed by atoms with E-state index in [1.54, 1.807) is 0 Å². The van der Waals surface area contributed by atoms with Crippen molar-refractivity contribution >= 4 is 33.0 Å². The number of fused-ring (bicyclic) bond motifs is 1. The van der Waals surface area contributed by atoms with E-state index in [9.17, 15) is 0 Å². The first-order valence-electron chi connectivity index (χ1n) is 6.08. The lowest BCUT2D eigenvalue weighted by Crippen LogP contribution is -2.05. The summed E-state index contributed by atoms with van der Waals surface area (Å²) in [5.41, 5.74) is 9.81. The van der Waals surface area contributed by atoms with E-state index >= 15 is 0 Å². The highest BCUT2D eigenvalue weighted by Gasteiger charge is 2.18. The van der Waals surface area contributed by atoms with Crippen molar-refractivity contribution in [3.8, 4) is 5.69 Å². The monoisotopic (exact) mass is 319 g/mol. The molecule has 3 rings (SSSR count). The molecular formula is C13H14BrN5. The fourth-order valence-electron chi connectivity index (χ4n) is 2.31. The van der Waals surface area contributed by atoms with E-state index in [0.29, 0.717) is 5.95 Å². The summed E-state index contributed by atoms with van der Waals surface area (Å²) in [5.74, 6) is 0.476. The molecule has 0 bridgehead atoms. The molecule has 1 aromatic carbocycles. The highest BCUT2D eigenvalue weighted by molar-refractivity contribution is 9.10. The van der Waals surface area contributed by atoms with Crippen LogP contribution in [0.3, 0.4) is 0 Å². The van der Waals surface area contributed by atoms with Crippen LogP contribution >= 0.6 is 15.9 Å². The highest BCUT2D eigenvalue weighted by atomic mass is 79.9. The molecular weight excluding hydrogens is 306 g/mol. The number of halogens is 1. The molecule has 0 unspecified atom stereocenters. The van der Waals surface area contributed by atoms with Crippen molar-refractivity contribution in [3.05, 3.63) is 34.4 Å². The number of para-hydroxylation sites is 1. The first-order chi connectivity index (χ1) is 9.13. The molecule has 0 atom stereocenters. The van der Waals surface area contributed by atoms with Crippen LogP contribution in [0.4, 0.5) is 5.95 Å². The Bertz CT molecular complexity index is 756. The van der Waals surface area contributed by atoms with Crippen LogP contribution in [-0.2, 0) is 13.5 Å². The molecule has 2 aromatic heterocycles. The normalized spacial score (nSPS) is 11.3. The number of benzene rings is 1. The number of imidazole rings is 1. The van der Waals surface area contributed by atoms with E-state index in [1.807, 2.05) is 40.6 Å². The minimum absolute atomic E-state index is 0.476. The minimum Gasteiger partial charge on any atom is -0.369 e. The van der Waals surface area contributed by atoms with E-state index < -0.39 is 0 Å². The van der Waals surface area contributed by atoms with Crippen molar-refractivity contribution in [2.24, 2.45) is 7.05 Å². The second-order valence-corrected chi connectivity index (χ2v) is 5.21. The van der Waals surface area contributed by atoms with Crippen LogP contribution in [0.25, 0.3) is 16.9 Å². The van der Waals surface area contributed by atoms with Crippen molar-refractivity contribution in [1.82, 2.24) is 19.3 Å². The third kappa shape index (κ3) is 1.74. The molecule has 0 spiro atoms. The molecule has 3 aromatic rings. The fourth-order valence-corrected chi connectivity index (χ4v) is 2.77. The lowest BCUT2D eigenvalue weighted by molar-refractivity contribution is 0.751. The molecule has 19 heavy (non-hydrogen) atoms. The van der Waals surface area contributed by atoms with E-state index in [0.717, 1.165) is 33.4 Å². The molecule has 0 aliphatic carbocycles. The van der Waals surface area contributed by atoms with Gasteiger partial charge in [0.1, 0.15) is 5.52 Å². The van der Waals surface area contributed by atoms with Gasteiger partial charge in [-0.25, -0.2) is 9.67 Å². The van der Waals surface area contributed by atoms with Crippen molar-refractivity contribution in [3.63, 3.8) is 0 Å². The van der Waals surface area contributed by atoms with Gasteiger partial charge >= 0.3 is 0 Å². The lowest BCUT2D eigenvalue weighted by Gasteiger charge is -2.08. The molecule has 0 amide bonds. The maximum atomic E-state index is 6.08. The largest absolute Gasteiger partial charge is 0.369 e. The Morgan fingerprint density at radius 3 is 2.74 bits per heavy atom. The van der Waals surface area contributed by atoms with Gasteiger partial charge in [0.25, 0.3) is 0 Å². The van der Waals surface area contributed by atoms with Crippen molar-refractivity contribution in [1.29, 1.82) is 0 Å². The van der Waals surface area contributed by atoms with Gasteiger partial charge in [-0.05, 0) is 34.5 Å². The van der Waals surface area contributed by atoms with Gasteiger partial charge in [-0.2, -0.15) is 5.10 Å². The molecule has 2 N–H and O–H groups in total. The quantitative estimate of drug-likeness (QED) is 0.790. The summed E-state index contributed by atoms with van der Waals surface area (Å²) in [6.45, 7) is 2.06. The van der Waals surface area contributed by atoms with Crippen LogP contribution in [-0.4, -0.2) is 19.3 Å². The Kier molecular flexibility index (Phi) is 2.82. The van der Waals surface area contributed by atoms with Gasteiger partial charge in [-0.3, -0.25) is 4.57 Å². The van der Waals surface area contributed by atoms with Gasteiger partial charge in [0.2, 0.25) is 5.95 Å². The number of anilines is 1. The molecule has 0 fully saturated rings. The molecule has 0 aliphatic heterocycles. The molecule has 0 aliphatic rings. The molecule has 0 saturated carbocycles. The number of hydrogen-bond acceptors (Lipinski definition) is 3. The fraction of sp³-hybridized carbons (Fsp3) is 0.231. The second-order valence-electron chi connectivity index (χ2n) is 4.35. The molecule has 2 heterocycles. The van der Waals surface area contributed by atoms with Crippen molar-refractivity contribution < 1.29 is 0 Å². The third-order valence-electron chi connectivity index (χ3n) is 3.16. The minimum atomic E-state index is 0.476. The zero-order valence-electron chi connectivity index (χ0n) is 10.8. The Morgan fingerprint density at radius 2 is 2.05 bits per heavy atom. The Hall–Kier alpha value is -1.82. The standard InChI is InChI=1S/C13H14BrN5/c1-3-9-11-12(18(2)17-9)19(13(15)16-11)10-7-5-4-6-8(10)14/h4-7H,3H2,1-2H3,(H2,15,16). The Balaban J connectivity index is 2.39. The topological polar surface area (TPSA) is 61.7 Å². The predicted molar refractivity (Wildman–Crippen MR) is 79.3 cm³/mol. The first kappa shape index (κ1) is 12.2. The number of rotatable bonds is 2. The summed E-state index contributed by atoms with van der Waals surface area (Å²) < 4.78 is 4.72.